The van der Waals surface area contributed by atoms with Crippen LogP contribution in [0.3, 0.4) is 0 Å². The third kappa shape index (κ3) is 2.90. The Kier molecular flexibility index (Phi) is 3.71. The third-order valence-corrected chi connectivity index (χ3v) is 4.00. The molecular weight excluding hydrogens is 260 g/mol. The fraction of sp³-hybridized carbons (Fsp3) is 0.857. The Morgan fingerprint density at radius 2 is 1.80 bits per heavy atom. The van der Waals surface area contributed by atoms with E-state index in [1.807, 2.05) is 20.8 Å². The molecule has 0 aromatic heterocycles. The number of hydrogen-bond donors (Lipinski definition) is 0. The molecule has 0 unspecified atom stereocenters. The van der Waals surface area contributed by atoms with Crippen molar-refractivity contribution in [1.29, 1.82) is 0 Å². The van der Waals surface area contributed by atoms with Crippen LogP contribution in [0.2, 0.25) is 0 Å². The lowest BCUT2D eigenvalue weighted by Crippen LogP contribution is -2.65. The molecule has 0 bridgehead atoms. The van der Waals surface area contributed by atoms with Gasteiger partial charge in [-0.25, -0.2) is 9.86 Å². The highest BCUT2D eigenvalue weighted by Crippen LogP contribution is 2.52. The molecule has 0 atom stereocenters. The molecule has 2 rings (SSSR count). The Hall–Kier alpha value is -1.30. The van der Waals surface area contributed by atoms with E-state index in [-0.39, 0.29) is 23.3 Å². The largest absolute Gasteiger partial charge is 0.444 e. The van der Waals surface area contributed by atoms with Gasteiger partial charge in [-0.15, -0.1) is 0 Å². The zero-order valence-electron chi connectivity index (χ0n) is 12.9. The Morgan fingerprint density at radius 1 is 1.25 bits per heavy atom. The molecule has 0 aromatic rings. The van der Waals surface area contributed by atoms with E-state index in [1.54, 1.807) is 11.9 Å². The Bertz CT molecular complexity index is 402. The molecule has 6 heteroatoms. The van der Waals surface area contributed by atoms with Gasteiger partial charge in [0.15, 0.2) is 0 Å². The van der Waals surface area contributed by atoms with E-state index in [2.05, 4.69) is 0 Å². The number of amides is 2. The number of hydroxylamine groups is 2. The van der Waals surface area contributed by atoms with Crippen molar-refractivity contribution in [1.82, 2.24) is 9.96 Å². The maximum absolute atomic E-state index is 11.9. The average Bonchev–Trinajstić information content (AvgIpc) is 2.21. The van der Waals surface area contributed by atoms with Crippen LogP contribution in [0.25, 0.3) is 0 Å². The molecule has 0 radical (unpaired) electrons. The molecule has 1 saturated carbocycles. The van der Waals surface area contributed by atoms with Gasteiger partial charge in [0, 0.05) is 31.5 Å². The summed E-state index contributed by atoms with van der Waals surface area (Å²) in [6, 6.07) is 0. The molecule has 1 spiro atoms. The molecule has 1 saturated heterocycles. The highest BCUT2D eigenvalue weighted by molar-refractivity contribution is 5.79. The lowest BCUT2D eigenvalue weighted by atomic mass is 9.57. The average molecular weight is 284 g/mol. The molecule has 1 aliphatic carbocycles. The van der Waals surface area contributed by atoms with Crippen LogP contribution >= 0.6 is 0 Å². The van der Waals surface area contributed by atoms with Gasteiger partial charge >= 0.3 is 6.09 Å². The normalized spacial score (nSPS) is 21.1. The van der Waals surface area contributed by atoms with Crippen molar-refractivity contribution >= 4 is 12.0 Å². The van der Waals surface area contributed by atoms with Gasteiger partial charge in [0.2, 0.25) is 5.91 Å². The second-order valence-electron chi connectivity index (χ2n) is 6.96. The van der Waals surface area contributed by atoms with E-state index < -0.39 is 5.60 Å². The minimum absolute atomic E-state index is 0.0221. The van der Waals surface area contributed by atoms with Crippen molar-refractivity contribution in [3.05, 3.63) is 0 Å². The van der Waals surface area contributed by atoms with E-state index in [4.69, 9.17) is 9.57 Å². The summed E-state index contributed by atoms with van der Waals surface area (Å²) in [5.41, 5.74) is -0.328. The number of nitrogens with zero attached hydrogens (tertiary/aromatic N) is 2. The molecule has 6 nitrogen and oxygen atoms in total. The van der Waals surface area contributed by atoms with Crippen molar-refractivity contribution < 1.29 is 19.2 Å². The first-order chi connectivity index (χ1) is 9.16. The number of carbonyl (C=O) groups excluding carboxylic acids is 2. The van der Waals surface area contributed by atoms with Gasteiger partial charge in [0.1, 0.15) is 5.60 Å². The second-order valence-corrected chi connectivity index (χ2v) is 6.96. The van der Waals surface area contributed by atoms with E-state index in [9.17, 15) is 9.59 Å². The monoisotopic (exact) mass is 284 g/mol. The summed E-state index contributed by atoms with van der Waals surface area (Å²) >= 11 is 0. The molecule has 0 aromatic carbocycles. The minimum atomic E-state index is -0.459. The van der Waals surface area contributed by atoms with Gasteiger partial charge in [-0.2, -0.15) is 0 Å². The highest BCUT2D eigenvalue weighted by Gasteiger charge is 2.56. The standard InChI is InChI=1S/C14H24N2O4/c1-13(2,3)20-12(18)16-8-14(9-16)6-10(7-14)11(17)15(4)19-5/h10H,6-9H2,1-5H3. The van der Waals surface area contributed by atoms with Crippen LogP contribution in [-0.4, -0.2) is 54.8 Å². The van der Waals surface area contributed by atoms with E-state index in [0.29, 0.717) is 13.1 Å². The smallest absolute Gasteiger partial charge is 0.410 e. The van der Waals surface area contributed by atoms with E-state index in [0.717, 1.165) is 12.8 Å². The fourth-order valence-electron chi connectivity index (χ4n) is 2.98. The van der Waals surface area contributed by atoms with Crippen LogP contribution in [0, 0.1) is 11.3 Å². The van der Waals surface area contributed by atoms with Gasteiger partial charge in [0.05, 0.1) is 7.11 Å². The summed E-state index contributed by atoms with van der Waals surface area (Å²) in [6.45, 7) is 6.97. The van der Waals surface area contributed by atoms with Crippen LogP contribution in [0.15, 0.2) is 0 Å². The summed E-state index contributed by atoms with van der Waals surface area (Å²) in [5.74, 6) is 0.0505. The Balaban J connectivity index is 1.76. The molecular formula is C14H24N2O4. The van der Waals surface area contributed by atoms with Gasteiger partial charge in [0.25, 0.3) is 0 Å². The quantitative estimate of drug-likeness (QED) is 0.724. The first kappa shape index (κ1) is 15.1. The highest BCUT2D eigenvalue weighted by atomic mass is 16.7. The van der Waals surface area contributed by atoms with Crippen molar-refractivity contribution in [3.63, 3.8) is 0 Å². The van der Waals surface area contributed by atoms with Crippen LogP contribution in [-0.2, 0) is 14.4 Å². The van der Waals surface area contributed by atoms with Crippen LogP contribution < -0.4 is 0 Å². The molecule has 2 fully saturated rings. The fourth-order valence-corrected chi connectivity index (χ4v) is 2.98. The summed E-state index contributed by atoms with van der Waals surface area (Å²) in [6.07, 6.45) is 1.41. The van der Waals surface area contributed by atoms with Crippen LogP contribution in [0.5, 0.6) is 0 Å². The zero-order valence-corrected chi connectivity index (χ0v) is 12.9. The van der Waals surface area contributed by atoms with Crippen molar-refractivity contribution in [2.75, 3.05) is 27.2 Å². The summed E-state index contributed by atoms with van der Waals surface area (Å²) in [7, 11) is 3.11. The molecule has 2 amide bonds. The first-order valence-corrected chi connectivity index (χ1v) is 6.95. The number of carbonyl (C=O) groups is 2. The lowest BCUT2D eigenvalue weighted by molar-refractivity contribution is -0.186. The molecule has 0 N–H and O–H groups in total. The van der Waals surface area contributed by atoms with Crippen LogP contribution in [0.4, 0.5) is 4.79 Å². The molecule has 1 heterocycles. The van der Waals surface area contributed by atoms with E-state index in [1.165, 1.54) is 12.2 Å². The van der Waals surface area contributed by atoms with Gasteiger partial charge in [-0.1, -0.05) is 0 Å². The summed E-state index contributed by atoms with van der Waals surface area (Å²) in [5, 5.41) is 1.28. The predicted octanol–water partition coefficient (Wildman–Crippen LogP) is 1.65. The lowest BCUT2D eigenvalue weighted by Gasteiger charge is -2.58. The second kappa shape index (κ2) is 4.91. The Labute approximate surface area is 119 Å². The summed E-state index contributed by atoms with van der Waals surface area (Å²) in [4.78, 5) is 30.3. The number of hydrogen-bond acceptors (Lipinski definition) is 4. The molecule has 114 valence electrons. The number of likely N-dealkylation sites (tertiary alicyclic amines) is 1. The van der Waals surface area contributed by atoms with E-state index >= 15 is 0 Å². The zero-order chi connectivity index (χ0) is 15.1. The maximum Gasteiger partial charge on any atom is 0.410 e. The topological polar surface area (TPSA) is 59.1 Å². The van der Waals surface area contributed by atoms with Gasteiger partial charge in [-0.05, 0) is 33.6 Å². The maximum atomic E-state index is 11.9. The van der Waals surface area contributed by atoms with Crippen molar-refractivity contribution in [2.45, 2.75) is 39.2 Å². The van der Waals surface area contributed by atoms with Gasteiger partial charge < -0.3 is 9.64 Å². The first-order valence-electron chi connectivity index (χ1n) is 6.95. The molecule has 20 heavy (non-hydrogen) atoms. The molecule has 2 aliphatic rings. The number of ether oxygens (including phenoxy) is 1. The van der Waals surface area contributed by atoms with Gasteiger partial charge in [-0.3, -0.25) is 9.63 Å². The SMILES string of the molecule is CON(C)C(=O)C1CC2(C1)CN(C(=O)OC(C)(C)C)C2. The number of rotatable bonds is 2. The van der Waals surface area contributed by atoms with Crippen LogP contribution in [0.1, 0.15) is 33.6 Å². The van der Waals surface area contributed by atoms with Crippen molar-refractivity contribution in [3.8, 4) is 0 Å². The molecule has 1 aliphatic heterocycles. The predicted molar refractivity (Wildman–Crippen MR) is 72.7 cm³/mol. The third-order valence-electron chi connectivity index (χ3n) is 4.00. The Morgan fingerprint density at radius 3 is 2.25 bits per heavy atom. The minimum Gasteiger partial charge on any atom is -0.444 e. The summed E-state index contributed by atoms with van der Waals surface area (Å²) < 4.78 is 5.33. The van der Waals surface area contributed by atoms with Crippen molar-refractivity contribution in [2.24, 2.45) is 11.3 Å².